The molecule has 0 unspecified atom stereocenters. The van der Waals surface area contributed by atoms with Crippen molar-refractivity contribution in [2.24, 2.45) is 0 Å². The van der Waals surface area contributed by atoms with E-state index in [0.717, 1.165) is 11.1 Å². The number of carbonyl (C=O) groups excluding carboxylic acids is 1. The first-order valence-electron chi connectivity index (χ1n) is 7.23. The van der Waals surface area contributed by atoms with Gasteiger partial charge in [-0.1, -0.05) is 35.0 Å². The van der Waals surface area contributed by atoms with Crippen LogP contribution in [0.25, 0.3) is 11.4 Å². The van der Waals surface area contributed by atoms with E-state index in [2.05, 4.69) is 15.1 Å². The summed E-state index contributed by atoms with van der Waals surface area (Å²) in [7, 11) is 0. The van der Waals surface area contributed by atoms with E-state index in [9.17, 15) is 4.79 Å². The Hall–Kier alpha value is -2.67. The molecule has 0 fully saturated rings. The van der Waals surface area contributed by atoms with Gasteiger partial charge in [0.05, 0.1) is 5.56 Å². The highest BCUT2D eigenvalue weighted by atomic mass is 32.2. The van der Waals surface area contributed by atoms with Gasteiger partial charge >= 0.3 is 5.97 Å². The van der Waals surface area contributed by atoms with Crippen molar-refractivity contribution in [1.29, 1.82) is 0 Å². The molecule has 0 saturated carbocycles. The third kappa shape index (κ3) is 3.62. The van der Waals surface area contributed by atoms with E-state index in [0.29, 0.717) is 16.4 Å². The zero-order chi connectivity index (χ0) is 16.9. The Bertz CT molecular complexity index is 846. The van der Waals surface area contributed by atoms with Gasteiger partial charge in [0.15, 0.2) is 6.61 Å². The lowest BCUT2D eigenvalue weighted by Crippen LogP contribution is -2.07. The molecule has 0 bridgehead atoms. The van der Waals surface area contributed by atoms with Gasteiger partial charge in [-0.2, -0.15) is 4.98 Å². The minimum absolute atomic E-state index is 0.0829. The number of aromatic nitrogens is 3. The molecule has 0 N–H and O–H groups in total. The molecule has 0 spiro atoms. The molecular weight excluding hydrogens is 326 g/mol. The molecule has 3 aromatic rings. The van der Waals surface area contributed by atoms with Crippen molar-refractivity contribution in [2.45, 2.75) is 18.6 Å². The molecule has 0 aliphatic carbocycles. The molecular formula is C17H15N3O3S. The number of aryl methyl sites for hydroxylation is 1. The van der Waals surface area contributed by atoms with Crippen LogP contribution in [-0.2, 0) is 11.3 Å². The molecule has 7 heteroatoms. The van der Waals surface area contributed by atoms with E-state index in [1.807, 2.05) is 37.4 Å². The molecule has 122 valence electrons. The number of carbonyl (C=O) groups is 1. The van der Waals surface area contributed by atoms with Gasteiger partial charge in [0.25, 0.3) is 5.89 Å². The summed E-state index contributed by atoms with van der Waals surface area (Å²) in [6.45, 7) is 1.92. The highest BCUT2D eigenvalue weighted by Crippen LogP contribution is 2.19. The van der Waals surface area contributed by atoms with Gasteiger partial charge in [0, 0.05) is 11.8 Å². The molecule has 0 atom stereocenters. The Labute approximate surface area is 143 Å². The standard InChI is InChI=1S/C17H15N3O3S/c1-11-5-7-12(8-6-11)15-19-14(23-20-15)10-22-17(21)13-4-3-9-18-16(13)24-2/h3-9H,10H2,1-2H3. The molecule has 3 rings (SSSR count). The maximum Gasteiger partial charge on any atom is 0.341 e. The van der Waals surface area contributed by atoms with Crippen LogP contribution >= 0.6 is 11.8 Å². The maximum atomic E-state index is 12.1. The predicted octanol–water partition coefficient (Wildman–Crippen LogP) is 3.52. The first-order valence-corrected chi connectivity index (χ1v) is 8.45. The fourth-order valence-electron chi connectivity index (χ4n) is 2.05. The summed E-state index contributed by atoms with van der Waals surface area (Å²) in [6, 6.07) is 11.1. The highest BCUT2D eigenvalue weighted by molar-refractivity contribution is 7.98. The molecule has 0 aliphatic rings. The van der Waals surface area contributed by atoms with Crippen molar-refractivity contribution in [3.63, 3.8) is 0 Å². The number of pyridine rings is 1. The number of ether oxygens (including phenoxy) is 1. The van der Waals surface area contributed by atoms with E-state index in [-0.39, 0.29) is 12.5 Å². The molecule has 1 aromatic carbocycles. The quantitative estimate of drug-likeness (QED) is 0.519. The Morgan fingerprint density at radius 3 is 2.79 bits per heavy atom. The summed E-state index contributed by atoms with van der Waals surface area (Å²) in [4.78, 5) is 20.5. The summed E-state index contributed by atoms with van der Waals surface area (Å²) in [5.74, 6) is 0.239. The molecule has 0 amide bonds. The van der Waals surface area contributed by atoms with Gasteiger partial charge < -0.3 is 9.26 Å². The summed E-state index contributed by atoms with van der Waals surface area (Å²) in [6.07, 6.45) is 3.49. The van der Waals surface area contributed by atoms with Crippen molar-refractivity contribution >= 4 is 17.7 Å². The maximum absolute atomic E-state index is 12.1. The number of hydrogen-bond donors (Lipinski definition) is 0. The van der Waals surface area contributed by atoms with Crippen LogP contribution in [-0.4, -0.2) is 27.3 Å². The number of rotatable bonds is 5. The first kappa shape index (κ1) is 16.2. The molecule has 0 saturated heterocycles. The molecule has 2 aromatic heterocycles. The number of esters is 1. The average molecular weight is 341 g/mol. The lowest BCUT2D eigenvalue weighted by Gasteiger charge is -2.04. The Kier molecular flexibility index (Phi) is 4.90. The number of nitrogens with zero attached hydrogens (tertiary/aromatic N) is 3. The summed E-state index contributed by atoms with van der Waals surface area (Å²) in [5, 5.41) is 4.53. The minimum atomic E-state index is -0.470. The van der Waals surface area contributed by atoms with Crippen molar-refractivity contribution in [1.82, 2.24) is 15.1 Å². The Balaban J connectivity index is 1.67. The summed E-state index contributed by atoms with van der Waals surface area (Å²) < 4.78 is 10.4. The van der Waals surface area contributed by atoms with Crippen molar-refractivity contribution < 1.29 is 14.1 Å². The SMILES string of the molecule is CSc1ncccc1C(=O)OCc1nc(-c2ccc(C)cc2)no1. The van der Waals surface area contributed by atoms with Gasteiger partial charge in [-0.25, -0.2) is 9.78 Å². The predicted molar refractivity (Wildman–Crippen MR) is 89.6 cm³/mol. The smallest absolute Gasteiger partial charge is 0.341 e. The monoisotopic (exact) mass is 341 g/mol. The van der Waals surface area contributed by atoms with E-state index in [1.54, 1.807) is 18.3 Å². The zero-order valence-electron chi connectivity index (χ0n) is 13.2. The van der Waals surface area contributed by atoms with E-state index in [1.165, 1.54) is 11.8 Å². The zero-order valence-corrected chi connectivity index (χ0v) is 14.0. The Morgan fingerprint density at radius 1 is 1.25 bits per heavy atom. The van der Waals surface area contributed by atoms with E-state index < -0.39 is 5.97 Å². The van der Waals surface area contributed by atoms with Crippen LogP contribution in [0.5, 0.6) is 0 Å². The second-order valence-corrected chi connectivity index (χ2v) is 5.81. The number of benzene rings is 1. The van der Waals surface area contributed by atoms with E-state index >= 15 is 0 Å². The first-order chi connectivity index (χ1) is 11.7. The van der Waals surface area contributed by atoms with Gasteiger partial charge in [0.2, 0.25) is 5.82 Å². The van der Waals surface area contributed by atoms with Gasteiger partial charge in [-0.15, -0.1) is 11.8 Å². The lowest BCUT2D eigenvalue weighted by atomic mass is 10.1. The molecule has 6 nitrogen and oxygen atoms in total. The number of thioether (sulfide) groups is 1. The van der Waals surface area contributed by atoms with Gasteiger partial charge in [-0.05, 0) is 25.3 Å². The van der Waals surface area contributed by atoms with Gasteiger partial charge in [-0.3, -0.25) is 0 Å². The highest BCUT2D eigenvalue weighted by Gasteiger charge is 2.15. The minimum Gasteiger partial charge on any atom is -0.452 e. The lowest BCUT2D eigenvalue weighted by molar-refractivity contribution is 0.0425. The van der Waals surface area contributed by atoms with Crippen molar-refractivity contribution in [3.8, 4) is 11.4 Å². The second-order valence-electron chi connectivity index (χ2n) is 5.01. The van der Waals surface area contributed by atoms with Crippen LogP contribution in [0.15, 0.2) is 52.1 Å². The van der Waals surface area contributed by atoms with Crippen LogP contribution in [0.4, 0.5) is 0 Å². The third-order valence-corrected chi connectivity index (χ3v) is 4.00. The third-order valence-electron chi connectivity index (χ3n) is 3.29. The van der Waals surface area contributed by atoms with Crippen LogP contribution in [0.1, 0.15) is 21.8 Å². The molecule has 0 radical (unpaired) electrons. The van der Waals surface area contributed by atoms with E-state index in [4.69, 9.17) is 9.26 Å². The fourth-order valence-corrected chi connectivity index (χ4v) is 2.58. The largest absolute Gasteiger partial charge is 0.452 e. The van der Waals surface area contributed by atoms with Crippen LogP contribution < -0.4 is 0 Å². The van der Waals surface area contributed by atoms with Crippen LogP contribution in [0.3, 0.4) is 0 Å². The fraction of sp³-hybridized carbons (Fsp3) is 0.176. The van der Waals surface area contributed by atoms with Gasteiger partial charge in [0.1, 0.15) is 5.03 Å². The average Bonchev–Trinajstić information content (AvgIpc) is 3.09. The molecule has 24 heavy (non-hydrogen) atoms. The normalized spacial score (nSPS) is 10.6. The summed E-state index contributed by atoms with van der Waals surface area (Å²) in [5.41, 5.74) is 2.42. The summed E-state index contributed by atoms with van der Waals surface area (Å²) >= 11 is 1.38. The molecule has 0 aliphatic heterocycles. The second kappa shape index (κ2) is 7.27. The topological polar surface area (TPSA) is 78.1 Å². The van der Waals surface area contributed by atoms with Crippen LogP contribution in [0, 0.1) is 6.92 Å². The molecule has 2 heterocycles. The van der Waals surface area contributed by atoms with Crippen LogP contribution in [0.2, 0.25) is 0 Å². The van der Waals surface area contributed by atoms with Crippen molar-refractivity contribution in [3.05, 3.63) is 59.6 Å². The number of hydrogen-bond acceptors (Lipinski definition) is 7. The van der Waals surface area contributed by atoms with Crippen molar-refractivity contribution in [2.75, 3.05) is 6.26 Å². The Morgan fingerprint density at radius 2 is 2.04 bits per heavy atom.